The average Bonchev–Trinajstić information content (AvgIpc) is 1.93. The highest BCUT2D eigenvalue weighted by molar-refractivity contribution is 5.99. The molecule has 0 spiro atoms. The van der Waals surface area contributed by atoms with E-state index in [2.05, 4.69) is 62.1 Å². The lowest BCUT2D eigenvalue weighted by molar-refractivity contribution is -0.136. The van der Waals surface area contributed by atoms with Crippen molar-refractivity contribution in [3.05, 3.63) is 144 Å². The molecule has 0 fully saturated rings. The Kier molecular flexibility index (Phi) is 24.3. The van der Waals surface area contributed by atoms with Gasteiger partial charge in [0.05, 0.1) is 6.04 Å². The molecule has 9 atom stereocenters. The molecule has 8 aromatic rings. The predicted molar refractivity (Wildman–Crippen MR) is 360 cm³/mol. The zero-order valence-corrected chi connectivity index (χ0v) is 53.1. The molecule has 0 radical (unpaired) electrons. The summed E-state index contributed by atoms with van der Waals surface area (Å²) in [6, 6.07) is 20.2. The van der Waals surface area contributed by atoms with Gasteiger partial charge in [-0.05, 0) is 110 Å². The van der Waals surface area contributed by atoms with Gasteiger partial charge >= 0.3 is 0 Å². The molecule has 93 heavy (non-hydrogen) atoms. The van der Waals surface area contributed by atoms with Crippen molar-refractivity contribution < 1.29 is 38.4 Å². The summed E-state index contributed by atoms with van der Waals surface area (Å²) in [7, 11) is 0. The number of amides is 8. The van der Waals surface area contributed by atoms with Crippen molar-refractivity contribution in [2.45, 2.75) is 147 Å². The molecule has 0 aliphatic rings. The Hall–Kier alpha value is -10.0. The first-order valence-corrected chi connectivity index (χ1v) is 31.8. The van der Waals surface area contributed by atoms with E-state index < -0.39 is 102 Å². The first-order chi connectivity index (χ1) is 44.7. The molecule has 0 saturated heterocycles. The van der Waals surface area contributed by atoms with Crippen LogP contribution in [0.15, 0.2) is 127 Å². The number of benzene rings is 4. The van der Waals surface area contributed by atoms with Gasteiger partial charge in [0, 0.05) is 94.2 Å². The molecule has 494 valence electrons. The normalized spacial score (nSPS) is 14.4. The number of carbonyl (C=O) groups is 8. The number of unbranched alkanes of at least 4 members (excludes halogenated alkanes) is 1. The Morgan fingerprint density at radius 3 is 1.24 bits per heavy atom. The van der Waals surface area contributed by atoms with Crippen LogP contribution in [0.5, 0.6) is 0 Å². The number of nitrogens with one attached hydrogen (secondary N) is 11. The van der Waals surface area contributed by atoms with E-state index in [1.165, 1.54) is 0 Å². The fourth-order valence-electron chi connectivity index (χ4n) is 11.7. The Morgan fingerprint density at radius 2 is 0.806 bits per heavy atom. The number of nitrogens with zero attached hydrogens (tertiary/aromatic N) is 1. The van der Waals surface area contributed by atoms with Gasteiger partial charge in [-0.3, -0.25) is 43.3 Å². The quantitative estimate of drug-likeness (QED) is 0.0155. The molecule has 0 bridgehead atoms. The number of aromatic nitrogens is 4. The minimum atomic E-state index is -1.35. The third-order valence-electron chi connectivity index (χ3n) is 17.0. The number of hydrogen-bond donors (Lipinski definition) is 16. The summed E-state index contributed by atoms with van der Waals surface area (Å²) in [5, 5.41) is 23.4. The largest absolute Gasteiger partial charge is 0.370 e. The molecule has 4 aromatic carbocycles. The van der Waals surface area contributed by atoms with Crippen LogP contribution in [0.3, 0.4) is 0 Å². The topological polar surface area (TPSA) is 426 Å². The summed E-state index contributed by atoms with van der Waals surface area (Å²) in [5.74, 6) is -6.56. The van der Waals surface area contributed by atoms with E-state index in [4.69, 9.17) is 28.7 Å². The number of aliphatic imine (C=N–C) groups is 1. The molecule has 0 aliphatic heterocycles. The smallest absolute Gasteiger partial charge is 0.243 e. The van der Waals surface area contributed by atoms with E-state index in [1.807, 2.05) is 118 Å². The standard InChI is InChI=1S/C68H89N17O8/c1-5-39(4)59(67(93)81-55(60(71)86)31-41-35-76-50-22-11-7-18-45(41)50)85-63(89)53(25-14-15-27-69)79-62(88)54(26-16-28-74-68(72)73)80-64(90)56(29-38(2)3)83-66(92)58(33-43-37-78-52-24-13-9-20-47(43)52)84-65(91)57(32-42-36-77-51-23-12-8-19-46(42)51)82-61(87)48(70)30-40-34-75-49-21-10-6-17-44(40)49/h6-13,17-24,34-39,48,53-59,75-78H,5,14-16,25-33,69-70H2,1-4H3,(H2,71,86)(H,79,88)(H,80,90)(H,81,93)(H,82,87)(H,83,92)(H,84,91)(H,85,89)(H4,72,73,74)/t39-,48-,53-,54-,55-,56-,57-,58-,59-/m0/s1. The Bertz CT molecular complexity index is 3920. The molecule has 21 N–H and O–H groups in total. The maximum Gasteiger partial charge on any atom is 0.243 e. The van der Waals surface area contributed by atoms with Crippen molar-refractivity contribution in [1.29, 1.82) is 0 Å². The van der Waals surface area contributed by atoms with Crippen LogP contribution < -0.4 is 65.9 Å². The molecule has 0 aliphatic carbocycles. The molecule has 4 aromatic heterocycles. The number of hydrogen-bond acceptors (Lipinski definition) is 11. The summed E-state index contributed by atoms with van der Waals surface area (Å²) >= 11 is 0. The second-order valence-corrected chi connectivity index (χ2v) is 24.4. The van der Waals surface area contributed by atoms with E-state index in [-0.39, 0.29) is 76.3 Å². The van der Waals surface area contributed by atoms with Gasteiger partial charge in [0.2, 0.25) is 47.3 Å². The number of H-pyrrole nitrogens is 4. The molecular weight excluding hydrogens is 1180 g/mol. The van der Waals surface area contributed by atoms with Gasteiger partial charge in [0.25, 0.3) is 0 Å². The number of nitrogens with two attached hydrogens (primary N) is 5. The van der Waals surface area contributed by atoms with Crippen LogP contribution in [0, 0.1) is 11.8 Å². The van der Waals surface area contributed by atoms with Crippen molar-refractivity contribution in [2.75, 3.05) is 13.1 Å². The maximum absolute atomic E-state index is 15.2. The van der Waals surface area contributed by atoms with E-state index in [1.54, 1.807) is 31.7 Å². The van der Waals surface area contributed by atoms with E-state index in [9.17, 15) is 28.8 Å². The number of carbonyl (C=O) groups excluding carboxylic acids is 8. The minimum Gasteiger partial charge on any atom is -0.370 e. The van der Waals surface area contributed by atoms with Crippen LogP contribution in [0.2, 0.25) is 0 Å². The SMILES string of the molecule is CC[C@H](C)[C@H](NC(=O)[C@H](CCCCN)NC(=O)[C@H](CCCN=C(N)N)NC(=O)[C@H](CC(C)C)NC(=O)[C@H](Cc1c[nH]c2ccccc12)NC(=O)[C@H](Cc1c[nH]c2ccccc12)NC(=O)[C@@H](N)Cc1c[nH]c2ccccc12)C(=O)N[C@@H](Cc1c[nH]c2ccccc12)C(N)=O. The van der Waals surface area contributed by atoms with Crippen LogP contribution >= 0.6 is 0 Å². The van der Waals surface area contributed by atoms with Crippen LogP contribution in [-0.4, -0.2) is 135 Å². The van der Waals surface area contributed by atoms with Crippen LogP contribution in [0.4, 0.5) is 0 Å². The molecule has 0 unspecified atom stereocenters. The third kappa shape index (κ3) is 18.6. The summed E-state index contributed by atoms with van der Waals surface area (Å²) < 4.78 is 0. The number of para-hydroxylation sites is 4. The van der Waals surface area contributed by atoms with Gasteiger partial charge in [0.1, 0.15) is 42.3 Å². The summed E-state index contributed by atoms with van der Waals surface area (Å²) in [6.45, 7) is 7.68. The van der Waals surface area contributed by atoms with Crippen molar-refractivity contribution in [1.82, 2.24) is 57.2 Å². The number of aromatic amines is 4. The lowest BCUT2D eigenvalue weighted by atomic mass is 9.96. The zero-order chi connectivity index (χ0) is 66.7. The van der Waals surface area contributed by atoms with Gasteiger partial charge in [-0.1, -0.05) is 107 Å². The first-order valence-electron chi connectivity index (χ1n) is 31.8. The molecule has 8 rings (SSSR count). The lowest BCUT2D eigenvalue weighted by Crippen LogP contribution is -2.61. The van der Waals surface area contributed by atoms with Gasteiger partial charge in [-0.25, -0.2) is 0 Å². The van der Waals surface area contributed by atoms with Crippen LogP contribution in [0.25, 0.3) is 43.6 Å². The zero-order valence-electron chi connectivity index (χ0n) is 53.1. The molecule has 0 saturated carbocycles. The molecule has 8 amide bonds. The van der Waals surface area contributed by atoms with Gasteiger partial charge < -0.3 is 85.8 Å². The fraction of sp³-hybridized carbons (Fsp3) is 0.397. The number of fused-ring (bicyclic) bond motifs is 4. The molecule has 25 heteroatoms. The van der Waals surface area contributed by atoms with E-state index in [0.29, 0.717) is 30.4 Å². The second-order valence-electron chi connectivity index (χ2n) is 24.4. The van der Waals surface area contributed by atoms with E-state index in [0.717, 1.165) is 54.7 Å². The van der Waals surface area contributed by atoms with Crippen molar-refractivity contribution >= 4 is 96.8 Å². The highest BCUT2D eigenvalue weighted by Gasteiger charge is 2.36. The summed E-state index contributed by atoms with van der Waals surface area (Å²) in [5.41, 5.74) is 35.9. The van der Waals surface area contributed by atoms with E-state index >= 15 is 9.59 Å². The van der Waals surface area contributed by atoms with Crippen LogP contribution in [-0.2, 0) is 64.0 Å². The second kappa shape index (κ2) is 32.8. The molecule has 4 heterocycles. The average molecular weight is 1270 g/mol. The Morgan fingerprint density at radius 1 is 0.441 bits per heavy atom. The Labute approximate surface area is 539 Å². The number of guanidine groups is 1. The first kappa shape index (κ1) is 68.9. The molecule has 25 nitrogen and oxygen atoms in total. The lowest BCUT2D eigenvalue weighted by Gasteiger charge is -2.29. The monoisotopic (exact) mass is 1270 g/mol. The molecular formula is C68H89N17O8. The highest BCUT2D eigenvalue weighted by Crippen LogP contribution is 2.24. The highest BCUT2D eigenvalue weighted by atomic mass is 16.2. The van der Waals surface area contributed by atoms with Gasteiger partial charge in [-0.15, -0.1) is 0 Å². The third-order valence-corrected chi connectivity index (χ3v) is 17.0. The van der Waals surface area contributed by atoms with Crippen molar-refractivity contribution in [3.8, 4) is 0 Å². The van der Waals surface area contributed by atoms with Crippen LogP contribution in [0.1, 0.15) is 94.9 Å². The van der Waals surface area contributed by atoms with Gasteiger partial charge in [0.15, 0.2) is 5.96 Å². The maximum atomic E-state index is 15.2. The summed E-state index contributed by atoms with van der Waals surface area (Å²) in [4.78, 5) is 133. The number of primary amides is 1. The minimum absolute atomic E-state index is 0.00162. The van der Waals surface area contributed by atoms with Crippen molar-refractivity contribution in [2.24, 2.45) is 45.5 Å². The van der Waals surface area contributed by atoms with Crippen molar-refractivity contribution in [3.63, 3.8) is 0 Å². The Balaban J connectivity index is 1.03. The number of rotatable bonds is 35. The summed E-state index contributed by atoms with van der Waals surface area (Å²) in [6.07, 6.45) is 8.83. The van der Waals surface area contributed by atoms with Gasteiger partial charge in [-0.2, -0.15) is 0 Å². The fourth-order valence-corrected chi connectivity index (χ4v) is 11.7. The predicted octanol–water partition coefficient (Wildman–Crippen LogP) is 3.36.